The third kappa shape index (κ3) is 5.73. The summed E-state index contributed by atoms with van der Waals surface area (Å²) in [7, 11) is 3.35. The predicted molar refractivity (Wildman–Crippen MR) is 85.9 cm³/mol. The van der Waals surface area contributed by atoms with Gasteiger partial charge < -0.3 is 15.5 Å². The molecule has 0 heterocycles. The molecule has 0 radical (unpaired) electrons. The lowest BCUT2D eigenvalue weighted by molar-refractivity contribution is -0.116. The summed E-state index contributed by atoms with van der Waals surface area (Å²) in [5.41, 5.74) is 0.943. The van der Waals surface area contributed by atoms with Gasteiger partial charge in [0.25, 0.3) is 5.91 Å². The molecule has 0 fully saturated rings. The van der Waals surface area contributed by atoms with Crippen LogP contribution in [0.25, 0.3) is 0 Å². The van der Waals surface area contributed by atoms with Gasteiger partial charge in [0.15, 0.2) is 0 Å². The summed E-state index contributed by atoms with van der Waals surface area (Å²) in [6.07, 6.45) is 0.348. The summed E-state index contributed by atoms with van der Waals surface area (Å²) in [6, 6.07) is 5.18. The first-order chi connectivity index (χ1) is 9.81. The fourth-order valence-corrected chi connectivity index (χ4v) is 1.86. The highest BCUT2D eigenvalue weighted by Gasteiger charge is 2.12. The normalized spacial score (nSPS) is 10.6. The van der Waals surface area contributed by atoms with Crippen LogP contribution in [-0.4, -0.2) is 43.4 Å². The van der Waals surface area contributed by atoms with E-state index in [1.165, 1.54) is 4.90 Å². The Morgan fingerprint density at radius 1 is 1.29 bits per heavy atom. The van der Waals surface area contributed by atoms with Gasteiger partial charge in [0.05, 0.1) is 10.7 Å². The monoisotopic (exact) mass is 311 g/mol. The second-order valence-corrected chi connectivity index (χ2v) is 5.71. The molecular formula is C15H22ClN3O2. The van der Waals surface area contributed by atoms with E-state index in [1.807, 2.05) is 13.8 Å². The lowest BCUT2D eigenvalue weighted by Crippen LogP contribution is -2.27. The van der Waals surface area contributed by atoms with Gasteiger partial charge in [0.2, 0.25) is 5.91 Å². The van der Waals surface area contributed by atoms with Crippen LogP contribution in [0.4, 0.5) is 5.69 Å². The number of nitrogens with zero attached hydrogens (tertiary/aromatic N) is 1. The molecule has 0 saturated heterocycles. The van der Waals surface area contributed by atoms with E-state index >= 15 is 0 Å². The maximum absolute atomic E-state index is 11.9. The van der Waals surface area contributed by atoms with Crippen molar-refractivity contribution in [3.63, 3.8) is 0 Å². The summed E-state index contributed by atoms with van der Waals surface area (Å²) in [5, 5.41) is 6.32. The molecule has 0 unspecified atom stereocenters. The number of hydrogen-bond acceptors (Lipinski definition) is 3. The van der Waals surface area contributed by atoms with Crippen molar-refractivity contribution in [2.75, 3.05) is 26.0 Å². The number of benzene rings is 1. The van der Waals surface area contributed by atoms with Crippen molar-refractivity contribution in [2.45, 2.75) is 26.3 Å². The molecule has 6 heteroatoms. The second kappa shape index (κ2) is 8.00. The van der Waals surface area contributed by atoms with Crippen LogP contribution in [0.2, 0.25) is 5.02 Å². The molecule has 0 spiro atoms. The maximum atomic E-state index is 11.9. The number of hydrogen-bond donors (Lipinski definition) is 2. The molecule has 1 aromatic rings. The topological polar surface area (TPSA) is 61.4 Å². The zero-order valence-corrected chi connectivity index (χ0v) is 13.6. The Hall–Kier alpha value is -1.59. The zero-order chi connectivity index (χ0) is 16.0. The number of halogens is 1. The molecule has 1 aromatic carbocycles. The lowest BCUT2D eigenvalue weighted by Gasteiger charge is -2.13. The van der Waals surface area contributed by atoms with Crippen LogP contribution in [0.5, 0.6) is 0 Å². The molecule has 0 aliphatic rings. The van der Waals surface area contributed by atoms with E-state index < -0.39 is 0 Å². The van der Waals surface area contributed by atoms with E-state index in [2.05, 4.69) is 10.6 Å². The number of amides is 2. The average molecular weight is 312 g/mol. The van der Waals surface area contributed by atoms with Gasteiger partial charge >= 0.3 is 0 Å². The lowest BCUT2D eigenvalue weighted by atomic mass is 10.1. The first kappa shape index (κ1) is 17.5. The summed E-state index contributed by atoms with van der Waals surface area (Å²) in [4.78, 5) is 25.2. The Morgan fingerprint density at radius 3 is 2.52 bits per heavy atom. The van der Waals surface area contributed by atoms with Crippen LogP contribution >= 0.6 is 11.6 Å². The zero-order valence-electron chi connectivity index (χ0n) is 12.9. The summed E-state index contributed by atoms with van der Waals surface area (Å²) < 4.78 is 0. The van der Waals surface area contributed by atoms with Crippen molar-refractivity contribution in [3.8, 4) is 0 Å². The highest BCUT2D eigenvalue weighted by atomic mass is 35.5. The van der Waals surface area contributed by atoms with Crippen molar-refractivity contribution in [3.05, 3.63) is 28.8 Å². The molecule has 0 bridgehead atoms. The minimum atomic E-state index is -0.139. The van der Waals surface area contributed by atoms with Crippen LogP contribution in [0.15, 0.2) is 18.2 Å². The molecular weight excluding hydrogens is 290 g/mol. The van der Waals surface area contributed by atoms with Crippen LogP contribution in [-0.2, 0) is 4.79 Å². The SMILES string of the molecule is CC(C)NCCC(=O)Nc1cc(C(=O)N(C)C)ccc1Cl. The Labute approximate surface area is 130 Å². The van der Waals surface area contributed by atoms with Gasteiger partial charge in [-0.15, -0.1) is 0 Å². The van der Waals surface area contributed by atoms with E-state index in [4.69, 9.17) is 11.6 Å². The average Bonchev–Trinajstić information content (AvgIpc) is 2.39. The van der Waals surface area contributed by atoms with E-state index in [0.717, 1.165) is 0 Å². The summed E-state index contributed by atoms with van der Waals surface area (Å²) in [6.45, 7) is 4.63. The molecule has 2 N–H and O–H groups in total. The van der Waals surface area contributed by atoms with E-state index in [0.29, 0.717) is 35.3 Å². The molecule has 0 aromatic heterocycles. The van der Waals surface area contributed by atoms with Gasteiger partial charge in [0.1, 0.15) is 0 Å². The van der Waals surface area contributed by atoms with Gasteiger partial charge in [-0.25, -0.2) is 0 Å². The standard InChI is InChI=1S/C15H22ClN3O2/c1-10(2)17-8-7-14(20)18-13-9-11(5-6-12(13)16)15(21)19(3)4/h5-6,9-10,17H,7-8H2,1-4H3,(H,18,20). The fourth-order valence-electron chi connectivity index (χ4n) is 1.70. The first-order valence-corrected chi connectivity index (χ1v) is 7.23. The largest absolute Gasteiger partial charge is 0.345 e. The number of carbonyl (C=O) groups is 2. The van der Waals surface area contributed by atoms with Crippen LogP contribution < -0.4 is 10.6 Å². The number of carbonyl (C=O) groups excluding carboxylic acids is 2. The molecule has 21 heavy (non-hydrogen) atoms. The molecule has 0 aliphatic carbocycles. The van der Waals surface area contributed by atoms with Crippen LogP contribution in [0, 0.1) is 0 Å². The molecule has 116 valence electrons. The maximum Gasteiger partial charge on any atom is 0.253 e. The van der Waals surface area contributed by atoms with Crippen LogP contribution in [0.1, 0.15) is 30.6 Å². The van der Waals surface area contributed by atoms with Crippen molar-refractivity contribution in [1.29, 1.82) is 0 Å². The molecule has 0 aliphatic heterocycles. The van der Waals surface area contributed by atoms with Gasteiger partial charge in [0, 0.05) is 38.7 Å². The Bertz CT molecular complexity index is 516. The highest BCUT2D eigenvalue weighted by molar-refractivity contribution is 6.33. The second-order valence-electron chi connectivity index (χ2n) is 5.30. The van der Waals surface area contributed by atoms with Gasteiger partial charge in [-0.2, -0.15) is 0 Å². The van der Waals surface area contributed by atoms with Gasteiger partial charge in [-0.3, -0.25) is 9.59 Å². The number of nitrogens with one attached hydrogen (secondary N) is 2. The summed E-state index contributed by atoms with van der Waals surface area (Å²) in [5.74, 6) is -0.275. The van der Waals surface area contributed by atoms with Crippen molar-refractivity contribution >= 4 is 29.1 Å². The highest BCUT2D eigenvalue weighted by Crippen LogP contribution is 2.23. The summed E-state index contributed by atoms with van der Waals surface area (Å²) >= 11 is 6.05. The first-order valence-electron chi connectivity index (χ1n) is 6.85. The minimum absolute atomic E-state index is 0.136. The molecule has 2 amide bonds. The van der Waals surface area contributed by atoms with E-state index in [-0.39, 0.29) is 11.8 Å². The molecule has 0 atom stereocenters. The van der Waals surface area contributed by atoms with Crippen molar-refractivity contribution in [2.24, 2.45) is 0 Å². The van der Waals surface area contributed by atoms with Gasteiger partial charge in [-0.1, -0.05) is 25.4 Å². The number of rotatable bonds is 6. The quantitative estimate of drug-likeness (QED) is 0.848. The Balaban J connectivity index is 2.72. The number of anilines is 1. The molecule has 1 rings (SSSR count). The molecule has 0 saturated carbocycles. The molecule has 5 nitrogen and oxygen atoms in total. The Morgan fingerprint density at radius 2 is 1.95 bits per heavy atom. The minimum Gasteiger partial charge on any atom is -0.345 e. The van der Waals surface area contributed by atoms with E-state index in [9.17, 15) is 9.59 Å². The van der Waals surface area contributed by atoms with Crippen LogP contribution in [0.3, 0.4) is 0 Å². The predicted octanol–water partition coefficient (Wildman–Crippen LogP) is 2.37. The Kier molecular flexibility index (Phi) is 6.65. The smallest absolute Gasteiger partial charge is 0.253 e. The van der Waals surface area contributed by atoms with Crippen molar-refractivity contribution < 1.29 is 9.59 Å². The van der Waals surface area contributed by atoms with Gasteiger partial charge in [-0.05, 0) is 18.2 Å². The fraction of sp³-hybridized carbons (Fsp3) is 0.467. The van der Waals surface area contributed by atoms with Crippen molar-refractivity contribution in [1.82, 2.24) is 10.2 Å². The third-order valence-electron chi connectivity index (χ3n) is 2.80. The third-order valence-corrected chi connectivity index (χ3v) is 3.13. The van der Waals surface area contributed by atoms with E-state index in [1.54, 1.807) is 32.3 Å².